The second-order valence-electron chi connectivity index (χ2n) is 8.53. The predicted molar refractivity (Wildman–Crippen MR) is 127 cm³/mol. The molecule has 1 saturated carbocycles. The summed E-state index contributed by atoms with van der Waals surface area (Å²) in [6.45, 7) is -2.63. The van der Waals surface area contributed by atoms with E-state index in [1.165, 1.54) is 13.2 Å². The van der Waals surface area contributed by atoms with Crippen molar-refractivity contribution in [3.8, 4) is 28.5 Å². The molecule has 0 atom stereocenters. The number of nitrogens with zero attached hydrogens (tertiary/aromatic N) is 4. The van der Waals surface area contributed by atoms with Gasteiger partial charge in [0.15, 0.2) is 0 Å². The fourth-order valence-electron chi connectivity index (χ4n) is 3.95. The molecule has 3 heterocycles. The smallest absolute Gasteiger partial charge is 0.387 e. The molecule has 1 aliphatic carbocycles. The van der Waals surface area contributed by atoms with Gasteiger partial charge in [0.05, 0.1) is 31.8 Å². The molecule has 1 aliphatic rings. The Morgan fingerprint density at radius 3 is 2.72 bits per heavy atom. The molecule has 0 spiro atoms. The van der Waals surface area contributed by atoms with Crippen molar-refractivity contribution in [2.24, 2.45) is 7.05 Å². The van der Waals surface area contributed by atoms with Crippen molar-refractivity contribution in [2.75, 3.05) is 13.7 Å². The fraction of sp³-hybridized carbons (Fsp3) is 0.320. The number of halogens is 2. The monoisotopic (exact) mass is 497 g/mol. The van der Waals surface area contributed by atoms with E-state index >= 15 is 0 Å². The molecule has 1 N–H and O–H groups in total. The molecule has 9 nitrogen and oxygen atoms in total. The van der Waals surface area contributed by atoms with Gasteiger partial charge in [0.25, 0.3) is 5.91 Å². The van der Waals surface area contributed by atoms with Crippen molar-refractivity contribution in [1.29, 1.82) is 0 Å². The van der Waals surface area contributed by atoms with Gasteiger partial charge in [-0.15, -0.1) is 0 Å². The van der Waals surface area contributed by atoms with Gasteiger partial charge in [-0.05, 0) is 36.6 Å². The van der Waals surface area contributed by atoms with Crippen molar-refractivity contribution in [3.63, 3.8) is 0 Å². The number of benzene rings is 1. The van der Waals surface area contributed by atoms with Gasteiger partial charge in [0.1, 0.15) is 28.5 Å². The molecule has 0 radical (unpaired) electrons. The van der Waals surface area contributed by atoms with E-state index in [-0.39, 0.29) is 23.1 Å². The van der Waals surface area contributed by atoms with E-state index < -0.39 is 12.5 Å². The molecule has 36 heavy (non-hydrogen) atoms. The highest BCUT2D eigenvalue weighted by Gasteiger charge is 2.29. The maximum absolute atomic E-state index is 13.2. The second-order valence-corrected chi connectivity index (χ2v) is 8.53. The molecule has 0 bridgehead atoms. The first-order valence-corrected chi connectivity index (χ1v) is 11.5. The minimum atomic E-state index is -3.11. The number of hydrogen-bond acceptors (Lipinski definition) is 6. The number of imidazole rings is 1. The van der Waals surface area contributed by atoms with Gasteiger partial charge in [-0.1, -0.05) is 0 Å². The maximum atomic E-state index is 13.2. The lowest BCUT2D eigenvalue weighted by molar-refractivity contribution is -0.0502. The van der Waals surface area contributed by atoms with Gasteiger partial charge in [-0.2, -0.15) is 13.9 Å². The fourth-order valence-corrected chi connectivity index (χ4v) is 3.95. The Bertz CT molecular complexity index is 1400. The summed E-state index contributed by atoms with van der Waals surface area (Å²) in [5.74, 6) is 0.00659. The van der Waals surface area contributed by atoms with E-state index in [0.29, 0.717) is 35.7 Å². The molecule has 1 fully saturated rings. The average molecular weight is 498 g/mol. The Kier molecular flexibility index (Phi) is 6.45. The minimum absolute atomic E-state index is 0.0424. The number of aromatic nitrogens is 4. The highest BCUT2D eigenvalue weighted by Crippen LogP contribution is 2.37. The Hall–Kier alpha value is -4.15. The number of ether oxygens (including phenoxy) is 3. The van der Waals surface area contributed by atoms with Crippen molar-refractivity contribution < 1.29 is 27.8 Å². The summed E-state index contributed by atoms with van der Waals surface area (Å²) in [5.41, 5.74) is 2.73. The summed E-state index contributed by atoms with van der Waals surface area (Å²) < 4.78 is 46.0. The molecule has 0 aliphatic heterocycles. The van der Waals surface area contributed by atoms with Crippen LogP contribution in [0.15, 0.2) is 49.1 Å². The van der Waals surface area contributed by atoms with Crippen molar-refractivity contribution in [3.05, 3.63) is 60.2 Å². The van der Waals surface area contributed by atoms with E-state index in [9.17, 15) is 13.6 Å². The quantitative estimate of drug-likeness (QED) is 0.358. The van der Waals surface area contributed by atoms with Crippen LogP contribution < -0.4 is 19.5 Å². The SMILES string of the molecule is COc1cc(-c2cnc3cc(OCCc4cnn(C)c4)ccn23)cc(OC(F)F)c1C(=O)NC1CC1. The molecule has 188 valence electrons. The summed E-state index contributed by atoms with van der Waals surface area (Å²) in [6, 6.07) is 6.64. The van der Waals surface area contributed by atoms with Crippen LogP contribution in [0.25, 0.3) is 16.9 Å². The Balaban J connectivity index is 1.42. The summed E-state index contributed by atoms with van der Waals surface area (Å²) in [7, 11) is 3.24. The number of fused-ring (bicyclic) bond motifs is 1. The molecule has 4 aromatic rings. The molecule has 0 unspecified atom stereocenters. The number of nitrogens with one attached hydrogen (secondary N) is 1. The van der Waals surface area contributed by atoms with Crippen molar-refractivity contribution in [2.45, 2.75) is 31.9 Å². The lowest BCUT2D eigenvalue weighted by Crippen LogP contribution is -2.26. The van der Waals surface area contributed by atoms with Crippen molar-refractivity contribution >= 4 is 11.6 Å². The minimum Gasteiger partial charge on any atom is -0.496 e. The van der Waals surface area contributed by atoms with E-state index in [1.54, 1.807) is 45.9 Å². The zero-order valence-electron chi connectivity index (χ0n) is 19.8. The third-order valence-electron chi connectivity index (χ3n) is 5.84. The summed E-state index contributed by atoms with van der Waals surface area (Å²) >= 11 is 0. The Labute approximate surface area is 205 Å². The third-order valence-corrected chi connectivity index (χ3v) is 5.84. The lowest BCUT2D eigenvalue weighted by Gasteiger charge is -2.16. The maximum Gasteiger partial charge on any atom is 0.387 e. The molecular formula is C25H25F2N5O4. The van der Waals surface area contributed by atoms with Gasteiger partial charge in [0.2, 0.25) is 0 Å². The molecule has 0 saturated heterocycles. The van der Waals surface area contributed by atoms with Gasteiger partial charge in [-0.3, -0.25) is 13.9 Å². The van der Waals surface area contributed by atoms with Crippen LogP contribution in [-0.4, -0.2) is 51.4 Å². The number of alkyl halides is 2. The number of hydrogen-bond donors (Lipinski definition) is 1. The topological polar surface area (TPSA) is 91.9 Å². The van der Waals surface area contributed by atoms with E-state index in [2.05, 4.69) is 15.4 Å². The molecular weight excluding hydrogens is 472 g/mol. The van der Waals surface area contributed by atoms with Crippen LogP contribution in [0.3, 0.4) is 0 Å². The van der Waals surface area contributed by atoms with Crippen LogP contribution in [-0.2, 0) is 13.5 Å². The van der Waals surface area contributed by atoms with Crippen LogP contribution in [0.5, 0.6) is 17.2 Å². The van der Waals surface area contributed by atoms with E-state index in [0.717, 1.165) is 18.4 Å². The zero-order chi connectivity index (χ0) is 25.2. The number of pyridine rings is 1. The normalized spacial score (nSPS) is 13.2. The summed E-state index contributed by atoms with van der Waals surface area (Å²) in [6.07, 6.45) is 9.56. The van der Waals surface area contributed by atoms with Gasteiger partial charge < -0.3 is 19.5 Å². The van der Waals surface area contributed by atoms with Gasteiger partial charge in [0, 0.05) is 43.5 Å². The third kappa shape index (κ3) is 5.09. The molecule has 5 rings (SSSR count). The number of aryl methyl sites for hydroxylation is 1. The number of rotatable bonds is 10. The van der Waals surface area contributed by atoms with Crippen LogP contribution in [0.2, 0.25) is 0 Å². The van der Waals surface area contributed by atoms with E-state index in [4.69, 9.17) is 14.2 Å². The standard InChI is InChI=1S/C25H25F2N5O4/c1-31-14-15(12-29-31)6-8-35-18-5-7-32-19(13-28-22(32)11-18)16-9-20(34-2)23(21(10-16)36-25(26)27)24(33)30-17-3-4-17/h5,7,9-14,17,25H,3-4,6,8H2,1-2H3,(H,30,33). The van der Waals surface area contributed by atoms with Gasteiger partial charge >= 0.3 is 6.61 Å². The average Bonchev–Trinajstić information content (AvgIpc) is 3.40. The van der Waals surface area contributed by atoms with Crippen LogP contribution in [0.1, 0.15) is 28.8 Å². The Morgan fingerprint density at radius 1 is 1.22 bits per heavy atom. The van der Waals surface area contributed by atoms with Gasteiger partial charge in [-0.25, -0.2) is 4.98 Å². The first-order valence-electron chi connectivity index (χ1n) is 11.5. The highest BCUT2D eigenvalue weighted by atomic mass is 19.3. The second kappa shape index (κ2) is 9.84. The first-order chi connectivity index (χ1) is 17.4. The number of amides is 1. The largest absolute Gasteiger partial charge is 0.496 e. The molecule has 1 aromatic carbocycles. The van der Waals surface area contributed by atoms with Crippen LogP contribution >= 0.6 is 0 Å². The summed E-state index contributed by atoms with van der Waals surface area (Å²) in [5, 5.41) is 6.94. The Morgan fingerprint density at radius 2 is 2.03 bits per heavy atom. The van der Waals surface area contributed by atoms with Crippen LogP contribution in [0.4, 0.5) is 8.78 Å². The highest BCUT2D eigenvalue weighted by molar-refractivity contribution is 6.01. The zero-order valence-corrected chi connectivity index (χ0v) is 19.8. The first kappa shape index (κ1) is 23.6. The van der Waals surface area contributed by atoms with Crippen molar-refractivity contribution in [1.82, 2.24) is 24.5 Å². The van der Waals surface area contributed by atoms with Crippen LogP contribution in [0, 0.1) is 0 Å². The lowest BCUT2D eigenvalue weighted by atomic mass is 10.1. The molecule has 3 aromatic heterocycles. The molecule has 1 amide bonds. The number of carbonyl (C=O) groups excluding carboxylic acids is 1. The number of methoxy groups -OCH3 is 1. The van der Waals surface area contributed by atoms with E-state index in [1.807, 2.05) is 13.2 Å². The molecule has 11 heteroatoms. The number of carbonyl (C=O) groups is 1. The summed E-state index contributed by atoms with van der Waals surface area (Å²) in [4.78, 5) is 17.2. The predicted octanol–water partition coefficient (Wildman–Crippen LogP) is 3.86.